The highest BCUT2D eigenvalue weighted by molar-refractivity contribution is 8.68. The molecule has 0 amide bonds. The predicted octanol–water partition coefficient (Wildman–Crippen LogP) is 3.53. The molecule has 2 saturated heterocycles. The average molecular weight is 421 g/mol. The van der Waals surface area contributed by atoms with Crippen LogP contribution in [0.15, 0.2) is 0 Å². The van der Waals surface area contributed by atoms with Gasteiger partial charge in [0.25, 0.3) is 0 Å². The topological polar surface area (TPSA) is 15.7 Å². The highest BCUT2D eigenvalue weighted by Gasteiger charge is 2.30. The van der Waals surface area contributed by atoms with Crippen molar-refractivity contribution in [1.82, 2.24) is 9.34 Å². The second kappa shape index (κ2) is 9.03. The van der Waals surface area contributed by atoms with Crippen LogP contribution in [0.25, 0.3) is 0 Å². The Bertz CT molecular complexity index is 626. The molecule has 0 N–H and O–H groups in total. The zero-order valence-corrected chi connectivity index (χ0v) is 18.8. The minimum atomic E-state index is -1.84. The molecule has 2 heterocycles. The lowest BCUT2D eigenvalue weighted by Crippen LogP contribution is -2.25. The summed E-state index contributed by atoms with van der Waals surface area (Å²) in [6.07, 6.45) is 8.42. The molecule has 2 rings (SSSR count). The maximum absolute atomic E-state index is 5.96. The van der Waals surface area contributed by atoms with Crippen LogP contribution in [0.1, 0.15) is 12.8 Å². The normalized spacial score (nSPS) is 36.8. The first kappa shape index (κ1) is 21.0. The largest absolute Gasteiger partial charge is 0.329 e. The van der Waals surface area contributed by atoms with Gasteiger partial charge in [-0.25, -0.2) is 0 Å². The van der Waals surface area contributed by atoms with Crippen molar-refractivity contribution in [1.29, 1.82) is 0 Å². The van der Waals surface area contributed by atoms with Gasteiger partial charge in [-0.1, -0.05) is 35.0 Å². The first-order chi connectivity index (χ1) is 11.3. The molecule has 0 aromatic rings. The standard InChI is InChI=1S/C16H26N2OP2S3/c1-5-15-8-11-20(22,12-9-15)18(4)10-6-7-16-13-19-21(23,17(2)3)24-14-16/h1,15-16H,8-14H2,2-4H3. The van der Waals surface area contributed by atoms with E-state index < -0.39 is 11.8 Å². The number of hydrogen-bond donors (Lipinski definition) is 0. The first-order valence-corrected chi connectivity index (χ1v) is 15.5. The Morgan fingerprint density at radius 2 is 1.88 bits per heavy atom. The average Bonchev–Trinajstić information content (AvgIpc) is 2.57. The van der Waals surface area contributed by atoms with E-state index in [9.17, 15) is 0 Å². The van der Waals surface area contributed by atoms with Crippen molar-refractivity contribution in [2.45, 2.75) is 12.8 Å². The van der Waals surface area contributed by atoms with E-state index >= 15 is 0 Å². The Morgan fingerprint density at radius 3 is 2.38 bits per heavy atom. The van der Waals surface area contributed by atoms with E-state index in [0.717, 1.165) is 37.5 Å². The van der Waals surface area contributed by atoms with Crippen LogP contribution in [-0.4, -0.2) is 61.7 Å². The van der Waals surface area contributed by atoms with Gasteiger partial charge in [-0.2, -0.15) is 0 Å². The van der Waals surface area contributed by atoms with Crippen molar-refractivity contribution in [3.63, 3.8) is 0 Å². The fourth-order valence-electron chi connectivity index (χ4n) is 2.68. The van der Waals surface area contributed by atoms with Gasteiger partial charge in [0, 0.05) is 17.9 Å². The van der Waals surface area contributed by atoms with E-state index in [4.69, 9.17) is 34.6 Å². The van der Waals surface area contributed by atoms with Crippen LogP contribution in [0.2, 0.25) is 0 Å². The molecule has 0 radical (unpaired) electrons. The summed E-state index contributed by atoms with van der Waals surface area (Å²) in [6.45, 7) is 1.40. The lowest BCUT2D eigenvalue weighted by Gasteiger charge is -2.36. The summed E-state index contributed by atoms with van der Waals surface area (Å²) in [7, 11) is 6.12. The van der Waals surface area contributed by atoms with E-state index in [2.05, 4.69) is 29.5 Å². The molecule has 2 atom stereocenters. The molecule has 24 heavy (non-hydrogen) atoms. The molecule has 8 heteroatoms. The Hall–Kier alpha value is 0.650. The molecule has 0 bridgehead atoms. The van der Waals surface area contributed by atoms with Crippen LogP contribution in [0.3, 0.4) is 0 Å². The molecule has 2 fully saturated rings. The van der Waals surface area contributed by atoms with Gasteiger partial charge in [-0.3, -0.25) is 9.34 Å². The fraction of sp³-hybridized carbons (Fsp3) is 0.750. The SMILES string of the molecule is C#CC1CCP(=S)(N(C)CC#CC2COP(=S)(N(C)C)SC2)CC1. The zero-order chi connectivity index (χ0) is 17.8. The summed E-state index contributed by atoms with van der Waals surface area (Å²) in [4.78, 5) is 0. The van der Waals surface area contributed by atoms with Gasteiger partial charge in [0.15, 0.2) is 5.62 Å². The third kappa shape index (κ3) is 5.33. The zero-order valence-electron chi connectivity index (χ0n) is 14.6. The molecule has 2 aliphatic heterocycles. The third-order valence-corrected chi connectivity index (χ3v) is 17.0. The van der Waals surface area contributed by atoms with Gasteiger partial charge in [-0.15, -0.1) is 12.3 Å². The third-order valence-electron chi connectivity index (χ3n) is 4.49. The van der Waals surface area contributed by atoms with Gasteiger partial charge in [0.05, 0.1) is 19.1 Å². The second-order valence-electron chi connectivity index (χ2n) is 6.48. The lowest BCUT2D eigenvalue weighted by atomic mass is 10.1. The Kier molecular flexibility index (Phi) is 7.89. The summed E-state index contributed by atoms with van der Waals surface area (Å²) >= 11 is 13.3. The summed E-state index contributed by atoms with van der Waals surface area (Å²) < 4.78 is 10.3. The van der Waals surface area contributed by atoms with Gasteiger partial charge < -0.3 is 4.52 Å². The van der Waals surface area contributed by atoms with Crippen LogP contribution < -0.4 is 0 Å². The van der Waals surface area contributed by atoms with Crippen LogP contribution in [0.4, 0.5) is 0 Å². The number of nitrogens with zero attached hydrogens (tertiary/aromatic N) is 2. The molecule has 0 aromatic carbocycles. The number of terminal acetylenes is 1. The molecule has 134 valence electrons. The van der Waals surface area contributed by atoms with Crippen molar-refractivity contribution in [2.75, 3.05) is 52.4 Å². The smallest absolute Gasteiger partial charge is 0.188 e. The summed E-state index contributed by atoms with van der Waals surface area (Å²) in [5.74, 6) is 11.2. The Balaban J connectivity index is 1.83. The van der Waals surface area contributed by atoms with Crippen LogP contribution in [0.5, 0.6) is 0 Å². The molecule has 3 nitrogen and oxygen atoms in total. The van der Waals surface area contributed by atoms with E-state index in [-0.39, 0.29) is 5.92 Å². The predicted molar refractivity (Wildman–Crippen MR) is 116 cm³/mol. The molecule has 0 aliphatic carbocycles. The van der Waals surface area contributed by atoms with Crippen molar-refractivity contribution >= 4 is 46.8 Å². The monoisotopic (exact) mass is 420 g/mol. The molecule has 0 saturated carbocycles. The van der Waals surface area contributed by atoms with Crippen LogP contribution >= 0.6 is 23.2 Å². The fourth-order valence-corrected chi connectivity index (χ4v) is 10.5. The number of rotatable bonds is 3. The molecule has 2 unspecified atom stereocenters. The minimum absolute atomic E-state index is 0.274. The van der Waals surface area contributed by atoms with E-state index in [0.29, 0.717) is 12.5 Å². The van der Waals surface area contributed by atoms with Crippen LogP contribution in [0, 0.1) is 36.0 Å². The van der Waals surface area contributed by atoms with Gasteiger partial charge in [0.2, 0.25) is 0 Å². The van der Waals surface area contributed by atoms with E-state index in [1.165, 1.54) is 0 Å². The van der Waals surface area contributed by atoms with E-state index in [1.807, 2.05) is 18.8 Å². The highest BCUT2D eigenvalue weighted by atomic mass is 32.9. The molecule has 0 aromatic heterocycles. The quantitative estimate of drug-likeness (QED) is 0.509. The van der Waals surface area contributed by atoms with Crippen LogP contribution in [-0.2, 0) is 28.1 Å². The number of hydrogen-bond acceptors (Lipinski definition) is 4. The second-order valence-corrected chi connectivity index (χ2v) is 18.8. The Labute approximate surface area is 161 Å². The summed E-state index contributed by atoms with van der Waals surface area (Å²) in [6, 6.07) is 0. The van der Waals surface area contributed by atoms with Crippen molar-refractivity contribution < 1.29 is 4.52 Å². The van der Waals surface area contributed by atoms with E-state index in [1.54, 1.807) is 11.4 Å². The molecular weight excluding hydrogens is 394 g/mol. The van der Waals surface area contributed by atoms with Gasteiger partial charge in [-0.05, 0) is 58.1 Å². The summed E-state index contributed by atoms with van der Waals surface area (Å²) in [5.41, 5.74) is -1.84. The molecular formula is C16H26N2OP2S3. The molecule has 2 aliphatic rings. The first-order valence-electron chi connectivity index (χ1n) is 8.10. The van der Waals surface area contributed by atoms with Gasteiger partial charge >= 0.3 is 0 Å². The maximum atomic E-state index is 5.96. The lowest BCUT2D eigenvalue weighted by molar-refractivity contribution is 0.302. The summed E-state index contributed by atoms with van der Waals surface area (Å²) in [5, 5.41) is 0. The maximum Gasteiger partial charge on any atom is 0.188 e. The van der Waals surface area contributed by atoms with Gasteiger partial charge in [0.1, 0.15) is 0 Å². The van der Waals surface area contributed by atoms with Crippen molar-refractivity contribution in [2.24, 2.45) is 11.8 Å². The molecule has 0 spiro atoms. The minimum Gasteiger partial charge on any atom is -0.329 e. The van der Waals surface area contributed by atoms with Crippen molar-refractivity contribution in [3.8, 4) is 24.2 Å². The van der Waals surface area contributed by atoms with Crippen molar-refractivity contribution in [3.05, 3.63) is 0 Å². The highest BCUT2D eigenvalue weighted by Crippen LogP contribution is 2.64. The Morgan fingerprint density at radius 1 is 1.21 bits per heavy atom.